The number of ketones is 2. The van der Waals surface area contributed by atoms with Crippen LogP contribution >= 0.6 is 13.7 Å². The van der Waals surface area contributed by atoms with E-state index in [1.807, 2.05) is 0 Å². The molecule has 3 aromatic rings. The first-order valence-corrected chi connectivity index (χ1v) is 22.5. The summed E-state index contributed by atoms with van der Waals surface area (Å²) in [7, 11) is -3.72. The average Bonchev–Trinajstić information content (AvgIpc) is 3.09. The van der Waals surface area contributed by atoms with Crippen molar-refractivity contribution in [3.63, 3.8) is 0 Å². The Labute approximate surface area is 341 Å². The van der Waals surface area contributed by atoms with Crippen LogP contribution in [0.5, 0.6) is 5.75 Å². The van der Waals surface area contributed by atoms with Gasteiger partial charge in [0, 0.05) is 0 Å². The first kappa shape index (κ1) is 50.0. The van der Waals surface area contributed by atoms with Crippen LogP contribution in [0.2, 0.25) is 0 Å². The van der Waals surface area contributed by atoms with Crippen LogP contribution in [0.25, 0.3) is 0 Å². The second kappa shape index (κ2) is 18.7. The number of hydrogen-bond donors (Lipinski definition) is 0. The molecule has 0 saturated heterocycles. The Bertz CT molecular complexity index is 2030. The van der Waals surface area contributed by atoms with Crippen molar-refractivity contribution in [3.05, 3.63) is 162 Å². The quantitative estimate of drug-likeness (QED) is 0.0240. The third-order valence-electron chi connectivity index (χ3n) is 8.68. The minimum absolute atomic E-state index is 0.258. The molecule has 0 aliphatic carbocycles. The van der Waals surface area contributed by atoms with E-state index in [0.717, 1.165) is 24.3 Å². The molecule has 3 aromatic carbocycles. The van der Waals surface area contributed by atoms with Gasteiger partial charge in [0.25, 0.3) is 0 Å². The van der Waals surface area contributed by atoms with Crippen LogP contribution in [-0.2, 0) is 21.2 Å². The van der Waals surface area contributed by atoms with E-state index in [0.29, 0.717) is 0 Å². The molecule has 0 heterocycles. The van der Waals surface area contributed by atoms with Crippen molar-refractivity contribution < 1.29 is 79.0 Å². The van der Waals surface area contributed by atoms with Crippen LogP contribution < -0.4 is 4.65 Å². The number of carbonyl (C=O) groups excluding carboxylic acids is 2. The summed E-state index contributed by atoms with van der Waals surface area (Å²) < 4.78 is 101. The molecule has 0 aliphatic rings. The molecule has 3 rings (SSSR count). The van der Waals surface area contributed by atoms with Gasteiger partial charge in [-0.25, -0.2) is 0 Å². The van der Waals surface area contributed by atoms with Crippen LogP contribution in [-0.4, -0.2) is 98.5 Å². The van der Waals surface area contributed by atoms with Crippen molar-refractivity contribution in [2.45, 2.75) is 12.4 Å². The number of hydrogen-bond acceptors (Lipinski definition) is 17. The molecule has 0 fully saturated rings. The van der Waals surface area contributed by atoms with Crippen LogP contribution in [0.3, 0.4) is 0 Å². The summed E-state index contributed by atoms with van der Waals surface area (Å²) in [6, 6.07) is 10.4. The van der Waals surface area contributed by atoms with E-state index in [9.17, 15) is 96.6 Å². The molecule has 23 nitrogen and oxygen atoms in total. The molecule has 0 bridgehead atoms. The SMILES string of the molecule is O=C(CP(C[N+](=O)[O-])(C[N+](=O)[O-])(C[N+](=O)[O-])OB(Oc1cc(C(F)(F)F)cc(C(F)(F)F)c1)OP(CC(=O)c1ccccc1)(C[N+](=O)[O-])(C[N+](=O)[O-])C[N+](=O)[O-])c1ccccc1. The predicted molar refractivity (Wildman–Crippen MR) is 201 cm³/mol. The molecule has 62 heavy (non-hydrogen) atoms. The Morgan fingerprint density at radius 1 is 0.500 bits per heavy atom. The average molecular weight is 932 g/mol. The van der Waals surface area contributed by atoms with Crippen LogP contribution in [0.1, 0.15) is 31.8 Å². The van der Waals surface area contributed by atoms with Gasteiger partial charge in [-0.3, -0.25) is 0 Å². The summed E-state index contributed by atoms with van der Waals surface area (Å²) in [6.07, 6.45) is -27.9. The second-order valence-corrected chi connectivity index (χ2v) is 24.0. The molecule has 0 atom stereocenters. The Kier molecular flexibility index (Phi) is 15.1. The van der Waals surface area contributed by atoms with Crippen molar-refractivity contribution in [1.29, 1.82) is 0 Å². The standard InChI is InChI=1S/C30H29BF6N6O17P2/c32-29(33,34)24-11-25(30(35,36)37)13-26(12-24)58-31(59-61(16-38(46)47,17-39(48)49,18-40(50)51)14-27(44)22-7-3-1-4-8-22)60-62(19-41(52)53,20-42(54)55,21-43(56)57)15-28(45)23-9-5-2-6-10-23/h1-13H,14-21H2. The summed E-state index contributed by atoms with van der Waals surface area (Å²) in [5, 5.41) is 74.4. The summed E-state index contributed by atoms with van der Waals surface area (Å²) >= 11 is 0. The number of nitro groups is 6. The van der Waals surface area contributed by atoms with Crippen molar-refractivity contribution in [2.75, 3.05) is 50.0 Å². The number of benzene rings is 3. The fraction of sp³-hybridized carbons (Fsp3) is 0.333. The predicted octanol–water partition coefficient (Wildman–Crippen LogP) is 6.23. The van der Waals surface area contributed by atoms with E-state index in [-0.39, 0.29) is 12.1 Å². The number of alkyl halides is 6. The second-order valence-electron chi connectivity index (χ2n) is 13.8. The molecule has 32 heteroatoms. The van der Waals surface area contributed by atoms with Crippen LogP contribution in [0.15, 0.2) is 78.9 Å². The zero-order valence-corrected chi connectivity index (χ0v) is 32.8. The van der Waals surface area contributed by atoms with Crippen LogP contribution in [0, 0.1) is 60.7 Å². The fourth-order valence-electron chi connectivity index (χ4n) is 6.41. The summed E-state index contributed by atoms with van der Waals surface area (Å²) in [4.78, 5) is 93.0. The topological polar surface area (TPSA) is 321 Å². The van der Waals surface area contributed by atoms with Gasteiger partial charge in [0.15, 0.2) is 0 Å². The Morgan fingerprint density at radius 3 is 1.02 bits per heavy atom. The monoisotopic (exact) mass is 932 g/mol. The molecule has 0 spiro atoms. The van der Waals surface area contributed by atoms with Gasteiger partial charge in [0.05, 0.1) is 0 Å². The molecule has 0 amide bonds. The van der Waals surface area contributed by atoms with Crippen molar-refractivity contribution in [2.24, 2.45) is 0 Å². The van der Waals surface area contributed by atoms with Crippen molar-refractivity contribution in [1.82, 2.24) is 0 Å². The first-order valence-electron chi connectivity index (χ1n) is 16.7. The van der Waals surface area contributed by atoms with E-state index >= 15 is 0 Å². The van der Waals surface area contributed by atoms with Gasteiger partial charge >= 0.3 is 342 Å². The van der Waals surface area contributed by atoms with Gasteiger partial charge in [0.2, 0.25) is 0 Å². The summed E-state index contributed by atoms with van der Waals surface area (Å²) in [6.45, 7) is -13.4. The minimum atomic E-state index is -6.70. The van der Waals surface area contributed by atoms with E-state index in [4.69, 9.17) is 13.5 Å². The van der Waals surface area contributed by atoms with Gasteiger partial charge in [-0.1, -0.05) is 0 Å². The molecule has 0 aliphatic heterocycles. The third kappa shape index (κ3) is 13.3. The number of Topliss-reactive ketones (excluding diaryl/α,β-unsaturated/α-hetero) is 2. The van der Waals surface area contributed by atoms with Crippen molar-refractivity contribution >= 4 is 32.5 Å². The number of rotatable bonds is 24. The molecule has 0 N–H and O–H groups in total. The first-order chi connectivity index (χ1) is 28.5. The zero-order valence-electron chi connectivity index (χ0n) is 31.0. The van der Waals surface area contributed by atoms with Gasteiger partial charge in [-0.2, -0.15) is 0 Å². The third-order valence-corrected chi connectivity index (χ3v) is 18.1. The van der Waals surface area contributed by atoms with E-state index in [1.54, 1.807) is 0 Å². The van der Waals surface area contributed by atoms with Gasteiger partial charge in [-0.05, 0) is 0 Å². The fourth-order valence-corrected chi connectivity index (χ4v) is 14.6. The molecule has 0 aromatic heterocycles. The van der Waals surface area contributed by atoms with Gasteiger partial charge in [0.1, 0.15) is 0 Å². The number of halogens is 6. The molecular weight excluding hydrogens is 903 g/mol. The molecular formula is C30H29BF6N6O17P2. The summed E-state index contributed by atoms with van der Waals surface area (Å²) in [5.41, 5.74) is -5.35. The Morgan fingerprint density at radius 2 is 0.774 bits per heavy atom. The molecule has 0 radical (unpaired) electrons. The Hall–Kier alpha value is -6.38. The normalized spacial score (nSPS) is 13.3. The maximum absolute atomic E-state index is 14.0. The van der Waals surface area contributed by atoms with Crippen LogP contribution in [0.4, 0.5) is 26.3 Å². The molecule has 0 unspecified atom stereocenters. The molecule has 0 saturated carbocycles. The summed E-state index contributed by atoms with van der Waals surface area (Å²) in [5.74, 6) is -4.62. The van der Waals surface area contributed by atoms with E-state index in [1.165, 1.54) is 36.4 Å². The Balaban J connectivity index is 2.64. The molecule has 336 valence electrons. The van der Waals surface area contributed by atoms with E-state index in [2.05, 4.69) is 0 Å². The number of nitrogens with zero attached hydrogens (tertiary/aromatic N) is 6. The van der Waals surface area contributed by atoms with Gasteiger partial charge in [-0.15, -0.1) is 0 Å². The number of carbonyl (C=O) groups is 2. The zero-order chi connectivity index (χ0) is 46.9. The van der Waals surface area contributed by atoms with E-state index < -0.39 is 159 Å². The maximum atomic E-state index is 14.0. The van der Waals surface area contributed by atoms with Gasteiger partial charge < -0.3 is 0 Å². The van der Waals surface area contributed by atoms with Crippen molar-refractivity contribution in [3.8, 4) is 5.75 Å².